The second kappa shape index (κ2) is 6.64. The maximum absolute atomic E-state index is 5.74. The summed E-state index contributed by atoms with van der Waals surface area (Å²) in [6.45, 7) is 2.78. The fraction of sp³-hybridized carbons (Fsp3) is 0.786. The van der Waals surface area contributed by atoms with Gasteiger partial charge in [0.15, 0.2) is 0 Å². The van der Waals surface area contributed by atoms with Gasteiger partial charge in [0.05, 0.1) is 5.69 Å². The molecule has 1 aromatic rings. The van der Waals surface area contributed by atoms with Crippen molar-refractivity contribution in [1.82, 2.24) is 4.98 Å². The first kappa shape index (κ1) is 14.0. The quantitative estimate of drug-likeness (QED) is 0.892. The molecule has 1 aliphatic rings. The van der Waals surface area contributed by atoms with Crippen LogP contribution < -0.4 is 5.73 Å². The van der Waals surface area contributed by atoms with E-state index in [0.29, 0.717) is 12.5 Å². The van der Waals surface area contributed by atoms with Crippen molar-refractivity contribution in [2.24, 2.45) is 11.7 Å². The largest absolute Gasteiger partial charge is 0.374 e. The minimum atomic E-state index is 0.195. The molecule has 0 aromatic carbocycles. The third-order valence-electron chi connectivity index (χ3n) is 3.86. The molecule has 3 nitrogen and oxygen atoms in total. The summed E-state index contributed by atoms with van der Waals surface area (Å²) in [5.74, 6) is 0.653. The van der Waals surface area contributed by atoms with Gasteiger partial charge >= 0.3 is 0 Å². The highest BCUT2D eigenvalue weighted by molar-refractivity contribution is 7.11. The van der Waals surface area contributed by atoms with E-state index in [4.69, 9.17) is 15.5 Å². The summed E-state index contributed by atoms with van der Waals surface area (Å²) >= 11 is 1.79. The lowest BCUT2D eigenvalue weighted by Gasteiger charge is -2.27. The number of ether oxygens (including phenoxy) is 1. The van der Waals surface area contributed by atoms with Gasteiger partial charge in [-0.1, -0.05) is 19.3 Å². The summed E-state index contributed by atoms with van der Waals surface area (Å²) in [5.41, 5.74) is 6.78. The number of thiazole rings is 1. The summed E-state index contributed by atoms with van der Waals surface area (Å²) < 4.78 is 5.74. The first-order valence-electron chi connectivity index (χ1n) is 6.95. The van der Waals surface area contributed by atoms with Gasteiger partial charge in [0.25, 0.3) is 0 Å². The molecule has 0 aliphatic heterocycles. The Morgan fingerprint density at radius 2 is 2.11 bits per heavy atom. The molecule has 2 rings (SSSR count). The lowest BCUT2D eigenvalue weighted by molar-refractivity contribution is 0.0352. The zero-order valence-electron chi connectivity index (χ0n) is 11.4. The molecule has 1 saturated carbocycles. The van der Waals surface area contributed by atoms with Crippen LogP contribution in [0.5, 0.6) is 0 Å². The van der Waals surface area contributed by atoms with Crippen molar-refractivity contribution in [2.75, 3.05) is 13.7 Å². The van der Waals surface area contributed by atoms with Crippen LogP contribution in [-0.4, -0.2) is 18.6 Å². The molecule has 0 spiro atoms. The molecule has 1 heterocycles. The van der Waals surface area contributed by atoms with Gasteiger partial charge in [-0.3, -0.25) is 0 Å². The molecular weight excluding hydrogens is 244 g/mol. The van der Waals surface area contributed by atoms with Crippen molar-refractivity contribution in [3.63, 3.8) is 0 Å². The second-order valence-corrected chi connectivity index (χ2v) is 6.27. The lowest BCUT2D eigenvalue weighted by atomic mass is 9.85. The zero-order chi connectivity index (χ0) is 13.0. The van der Waals surface area contributed by atoms with Crippen molar-refractivity contribution in [3.8, 4) is 0 Å². The van der Waals surface area contributed by atoms with Crippen LogP contribution in [0.25, 0.3) is 0 Å². The van der Waals surface area contributed by atoms with Gasteiger partial charge < -0.3 is 10.5 Å². The van der Waals surface area contributed by atoms with Crippen LogP contribution in [0.3, 0.4) is 0 Å². The van der Waals surface area contributed by atoms with Gasteiger partial charge in [-0.05, 0) is 38.6 Å². The Balaban J connectivity index is 2.13. The van der Waals surface area contributed by atoms with E-state index in [1.807, 2.05) is 7.11 Å². The molecule has 102 valence electrons. The highest BCUT2D eigenvalue weighted by Gasteiger charge is 2.27. The van der Waals surface area contributed by atoms with E-state index in [9.17, 15) is 0 Å². The van der Waals surface area contributed by atoms with Gasteiger partial charge in [0, 0.05) is 12.0 Å². The molecule has 0 radical (unpaired) electrons. The van der Waals surface area contributed by atoms with Crippen LogP contribution in [0.15, 0.2) is 0 Å². The van der Waals surface area contributed by atoms with Crippen LogP contribution in [0.1, 0.15) is 53.8 Å². The smallest absolute Gasteiger partial charge is 0.122 e. The summed E-state index contributed by atoms with van der Waals surface area (Å²) in [5, 5.41) is 1.16. The Bertz CT molecular complexity index is 372. The molecule has 1 fully saturated rings. The number of hydrogen-bond acceptors (Lipinski definition) is 4. The number of nitrogens with zero attached hydrogens (tertiary/aromatic N) is 1. The van der Waals surface area contributed by atoms with Gasteiger partial charge in [0.1, 0.15) is 11.1 Å². The fourth-order valence-corrected chi connectivity index (χ4v) is 4.12. The summed E-state index contributed by atoms with van der Waals surface area (Å²) in [7, 11) is 1.82. The molecule has 0 amide bonds. The normalized spacial score (nSPS) is 19.1. The first-order valence-corrected chi connectivity index (χ1v) is 7.77. The SMILES string of the molecule is COC(c1nc(C)c(CCN)s1)C1CCCCC1. The standard InChI is InChI=1S/C14H24N2OS/c1-10-12(8-9-15)18-14(16-10)13(17-2)11-6-4-3-5-7-11/h11,13H,3-9,15H2,1-2H3. The zero-order valence-corrected chi connectivity index (χ0v) is 12.3. The lowest BCUT2D eigenvalue weighted by Crippen LogP contribution is -2.17. The minimum absolute atomic E-state index is 0.195. The molecule has 0 bridgehead atoms. The molecule has 18 heavy (non-hydrogen) atoms. The first-order chi connectivity index (χ1) is 8.76. The Morgan fingerprint density at radius 3 is 2.72 bits per heavy atom. The topological polar surface area (TPSA) is 48.1 Å². The molecule has 1 unspecified atom stereocenters. The van der Waals surface area contributed by atoms with Crippen molar-refractivity contribution in [1.29, 1.82) is 0 Å². The van der Waals surface area contributed by atoms with E-state index in [0.717, 1.165) is 17.1 Å². The van der Waals surface area contributed by atoms with E-state index in [1.54, 1.807) is 11.3 Å². The second-order valence-electron chi connectivity index (χ2n) is 5.15. The van der Waals surface area contributed by atoms with E-state index < -0.39 is 0 Å². The van der Waals surface area contributed by atoms with Crippen LogP contribution in [0.2, 0.25) is 0 Å². The van der Waals surface area contributed by atoms with Gasteiger partial charge in [0.2, 0.25) is 0 Å². The third-order valence-corrected chi connectivity index (χ3v) is 5.13. The van der Waals surface area contributed by atoms with Crippen LogP contribution in [-0.2, 0) is 11.2 Å². The van der Waals surface area contributed by atoms with Crippen molar-refractivity contribution in [3.05, 3.63) is 15.6 Å². The van der Waals surface area contributed by atoms with Crippen molar-refractivity contribution >= 4 is 11.3 Å². The van der Waals surface area contributed by atoms with E-state index in [2.05, 4.69) is 6.92 Å². The Kier molecular flexibility index (Phi) is 5.15. The number of hydrogen-bond donors (Lipinski definition) is 1. The molecule has 4 heteroatoms. The number of nitrogens with two attached hydrogens (primary N) is 1. The van der Waals surface area contributed by atoms with Crippen LogP contribution in [0.4, 0.5) is 0 Å². The average molecular weight is 268 g/mol. The predicted octanol–water partition coefficient (Wildman–Crippen LogP) is 3.22. The van der Waals surface area contributed by atoms with Gasteiger partial charge in [-0.2, -0.15) is 0 Å². The minimum Gasteiger partial charge on any atom is -0.374 e. The molecule has 0 saturated heterocycles. The predicted molar refractivity (Wildman–Crippen MR) is 75.9 cm³/mol. The van der Waals surface area contributed by atoms with E-state index >= 15 is 0 Å². The number of aromatic nitrogens is 1. The average Bonchev–Trinajstić information content (AvgIpc) is 2.74. The van der Waals surface area contributed by atoms with E-state index in [1.165, 1.54) is 37.0 Å². The van der Waals surface area contributed by atoms with Gasteiger partial charge in [-0.25, -0.2) is 4.98 Å². The molecule has 2 N–H and O–H groups in total. The molecular formula is C14H24N2OS. The Morgan fingerprint density at radius 1 is 1.39 bits per heavy atom. The summed E-state index contributed by atoms with van der Waals surface area (Å²) in [6.07, 6.45) is 7.75. The number of aryl methyl sites for hydroxylation is 1. The summed E-state index contributed by atoms with van der Waals surface area (Å²) in [4.78, 5) is 6.04. The maximum Gasteiger partial charge on any atom is 0.122 e. The van der Waals surface area contributed by atoms with Crippen molar-refractivity contribution in [2.45, 2.75) is 51.6 Å². The molecule has 1 aromatic heterocycles. The summed E-state index contributed by atoms with van der Waals surface area (Å²) in [6, 6.07) is 0. The van der Waals surface area contributed by atoms with E-state index in [-0.39, 0.29) is 6.10 Å². The molecule has 1 atom stereocenters. The van der Waals surface area contributed by atoms with Crippen LogP contribution in [0, 0.1) is 12.8 Å². The Hall–Kier alpha value is -0.450. The van der Waals surface area contributed by atoms with Crippen LogP contribution >= 0.6 is 11.3 Å². The number of methoxy groups -OCH3 is 1. The number of rotatable bonds is 5. The highest BCUT2D eigenvalue weighted by Crippen LogP contribution is 2.38. The van der Waals surface area contributed by atoms with Gasteiger partial charge in [-0.15, -0.1) is 11.3 Å². The Labute approximate surface area is 114 Å². The maximum atomic E-state index is 5.74. The third kappa shape index (κ3) is 3.11. The molecule has 1 aliphatic carbocycles. The fourth-order valence-electron chi connectivity index (χ4n) is 2.87. The highest BCUT2D eigenvalue weighted by atomic mass is 32.1. The monoisotopic (exact) mass is 268 g/mol. The van der Waals surface area contributed by atoms with Crippen molar-refractivity contribution < 1.29 is 4.74 Å².